The number of nitrogens with zero attached hydrogens (tertiary/aromatic N) is 3. The Hall–Kier alpha value is -2.42. The number of hydrogen-bond donors (Lipinski definition) is 1. The molecule has 34 heavy (non-hydrogen) atoms. The first-order valence-electron chi connectivity index (χ1n) is 11.5. The number of likely N-dealkylation sites (tertiary alicyclic amines) is 1. The van der Waals surface area contributed by atoms with E-state index in [9.17, 15) is 9.18 Å². The Labute approximate surface area is 208 Å². The minimum Gasteiger partial charge on any atom is -0.356 e. The highest BCUT2D eigenvalue weighted by atomic mass is 35.5. The predicted octanol–water partition coefficient (Wildman–Crippen LogP) is 5.18. The number of hydrogen-bond acceptors (Lipinski definition) is 6. The summed E-state index contributed by atoms with van der Waals surface area (Å²) >= 11 is 7.83. The van der Waals surface area contributed by atoms with Gasteiger partial charge in [0.1, 0.15) is 5.82 Å². The van der Waals surface area contributed by atoms with Crippen molar-refractivity contribution in [3.05, 3.63) is 70.8 Å². The van der Waals surface area contributed by atoms with Crippen LogP contribution in [0.2, 0.25) is 5.02 Å². The van der Waals surface area contributed by atoms with Crippen LogP contribution in [0.1, 0.15) is 30.7 Å². The van der Waals surface area contributed by atoms with E-state index in [0.717, 1.165) is 55.0 Å². The Bertz CT molecular complexity index is 1070. The summed E-state index contributed by atoms with van der Waals surface area (Å²) in [6, 6.07) is 14.0. The summed E-state index contributed by atoms with van der Waals surface area (Å²) < 4.78 is 18.3. The normalized spacial score (nSPS) is 14.9. The summed E-state index contributed by atoms with van der Waals surface area (Å²) in [6.07, 6.45) is 2.56. The number of carbonyl (C=O) groups is 1. The van der Waals surface area contributed by atoms with Crippen LogP contribution in [0, 0.1) is 11.7 Å². The number of nitrogens with one attached hydrogen (secondary N) is 1. The number of benzene rings is 2. The zero-order valence-electron chi connectivity index (χ0n) is 18.9. The van der Waals surface area contributed by atoms with E-state index in [1.54, 1.807) is 11.8 Å². The van der Waals surface area contributed by atoms with Crippen LogP contribution in [0.15, 0.2) is 53.1 Å². The number of thioether (sulfide) groups is 1. The SMILES string of the molecule is O=C(NCCCSCc1ccc(F)cc1)C1CCN(Cc2nc(-c3cccc(Cl)c3)no2)CC1. The van der Waals surface area contributed by atoms with Crippen molar-refractivity contribution in [3.63, 3.8) is 0 Å². The van der Waals surface area contributed by atoms with Crippen molar-refractivity contribution in [1.82, 2.24) is 20.4 Å². The van der Waals surface area contributed by atoms with Gasteiger partial charge in [-0.1, -0.05) is 41.0 Å². The van der Waals surface area contributed by atoms with Crippen molar-refractivity contribution < 1.29 is 13.7 Å². The molecular weight excluding hydrogens is 475 g/mol. The molecule has 9 heteroatoms. The van der Waals surface area contributed by atoms with Crippen molar-refractivity contribution in [2.75, 3.05) is 25.4 Å². The third kappa shape index (κ3) is 7.29. The minimum absolute atomic E-state index is 0.0489. The van der Waals surface area contributed by atoms with E-state index in [2.05, 4.69) is 20.4 Å². The maximum atomic E-state index is 12.9. The molecule has 1 amide bonds. The molecule has 1 aromatic heterocycles. The van der Waals surface area contributed by atoms with Crippen molar-refractivity contribution in [1.29, 1.82) is 0 Å². The molecule has 0 atom stereocenters. The van der Waals surface area contributed by atoms with Gasteiger partial charge in [0.25, 0.3) is 0 Å². The van der Waals surface area contributed by atoms with Crippen molar-refractivity contribution in [2.24, 2.45) is 5.92 Å². The Morgan fingerprint density at radius 1 is 1.21 bits per heavy atom. The number of rotatable bonds is 10. The van der Waals surface area contributed by atoms with Crippen LogP contribution in [0.25, 0.3) is 11.4 Å². The maximum Gasteiger partial charge on any atom is 0.241 e. The second-order valence-corrected chi connectivity index (χ2v) is 9.94. The summed E-state index contributed by atoms with van der Waals surface area (Å²) in [5.41, 5.74) is 1.94. The van der Waals surface area contributed by atoms with Gasteiger partial charge in [-0.05, 0) is 67.9 Å². The van der Waals surface area contributed by atoms with Crippen LogP contribution < -0.4 is 5.32 Å². The molecule has 0 radical (unpaired) electrons. The third-order valence-corrected chi connectivity index (χ3v) is 7.16. The van der Waals surface area contributed by atoms with E-state index in [0.29, 0.717) is 29.8 Å². The predicted molar refractivity (Wildman–Crippen MR) is 133 cm³/mol. The topological polar surface area (TPSA) is 71.3 Å². The lowest BCUT2D eigenvalue weighted by Gasteiger charge is -2.30. The summed E-state index contributed by atoms with van der Waals surface area (Å²) in [4.78, 5) is 19.2. The molecule has 1 fully saturated rings. The molecule has 4 rings (SSSR count). The average molecular weight is 503 g/mol. The van der Waals surface area contributed by atoms with Crippen LogP contribution in [0.5, 0.6) is 0 Å². The lowest BCUT2D eigenvalue weighted by atomic mass is 9.96. The fraction of sp³-hybridized carbons (Fsp3) is 0.400. The van der Waals surface area contributed by atoms with E-state index < -0.39 is 0 Å². The van der Waals surface area contributed by atoms with Gasteiger partial charge in [0.05, 0.1) is 6.54 Å². The van der Waals surface area contributed by atoms with Gasteiger partial charge in [-0.2, -0.15) is 16.7 Å². The maximum absolute atomic E-state index is 12.9. The fourth-order valence-corrected chi connectivity index (χ4v) is 5.02. The first kappa shape index (κ1) is 24.7. The van der Waals surface area contributed by atoms with Gasteiger partial charge >= 0.3 is 0 Å². The van der Waals surface area contributed by atoms with Gasteiger partial charge in [0.15, 0.2) is 0 Å². The van der Waals surface area contributed by atoms with E-state index in [1.807, 2.05) is 36.4 Å². The second-order valence-electron chi connectivity index (χ2n) is 8.40. The fourth-order valence-electron chi connectivity index (χ4n) is 3.91. The highest BCUT2D eigenvalue weighted by Crippen LogP contribution is 2.22. The van der Waals surface area contributed by atoms with Gasteiger partial charge in [-0.15, -0.1) is 0 Å². The molecule has 2 aromatic carbocycles. The molecule has 2 heterocycles. The monoisotopic (exact) mass is 502 g/mol. The van der Waals surface area contributed by atoms with Crippen molar-refractivity contribution >= 4 is 29.3 Å². The average Bonchev–Trinajstić information content (AvgIpc) is 3.31. The highest BCUT2D eigenvalue weighted by Gasteiger charge is 2.25. The zero-order valence-corrected chi connectivity index (χ0v) is 20.5. The van der Waals surface area contributed by atoms with Crippen LogP contribution >= 0.6 is 23.4 Å². The number of piperidine rings is 1. The second kappa shape index (κ2) is 12.3. The number of aromatic nitrogens is 2. The van der Waals surface area contributed by atoms with Gasteiger partial charge in [-0.25, -0.2) is 4.39 Å². The van der Waals surface area contributed by atoms with Crippen LogP contribution in [-0.2, 0) is 17.1 Å². The molecule has 1 aliphatic rings. The van der Waals surface area contributed by atoms with E-state index >= 15 is 0 Å². The summed E-state index contributed by atoms with van der Waals surface area (Å²) in [7, 11) is 0. The van der Waals surface area contributed by atoms with Crippen LogP contribution in [0.4, 0.5) is 4.39 Å². The molecule has 1 saturated heterocycles. The van der Waals surface area contributed by atoms with E-state index in [-0.39, 0.29) is 17.6 Å². The van der Waals surface area contributed by atoms with Crippen molar-refractivity contribution in [3.8, 4) is 11.4 Å². The Kier molecular flexibility index (Phi) is 8.96. The van der Waals surface area contributed by atoms with Crippen LogP contribution in [0.3, 0.4) is 0 Å². The molecule has 0 aliphatic carbocycles. The molecule has 6 nitrogen and oxygen atoms in total. The molecule has 1 aliphatic heterocycles. The first-order chi connectivity index (χ1) is 16.6. The van der Waals surface area contributed by atoms with E-state index in [4.69, 9.17) is 16.1 Å². The third-order valence-electron chi connectivity index (χ3n) is 5.81. The molecule has 3 aromatic rings. The zero-order chi connectivity index (χ0) is 23.8. The van der Waals surface area contributed by atoms with Crippen LogP contribution in [-0.4, -0.2) is 46.3 Å². The Morgan fingerprint density at radius 3 is 2.76 bits per heavy atom. The Morgan fingerprint density at radius 2 is 2.00 bits per heavy atom. The van der Waals surface area contributed by atoms with Crippen molar-refractivity contribution in [2.45, 2.75) is 31.6 Å². The van der Waals surface area contributed by atoms with Gasteiger partial charge < -0.3 is 9.84 Å². The lowest BCUT2D eigenvalue weighted by Crippen LogP contribution is -2.40. The van der Waals surface area contributed by atoms with Gasteiger partial charge in [-0.3, -0.25) is 9.69 Å². The number of halogens is 2. The van der Waals surface area contributed by atoms with Gasteiger partial charge in [0.2, 0.25) is 17.6 Å². The molecule has 180 valence electrons. The summed E-state index contributed by atoms with van der Waals surface area (Å²) in [6.45, 7) is 2.90. The first-order valence-corrected chi connectivity index (χ1v) is 13.0. The lowest BCUT2D eigenvalue weighted by molar-refractivity contribution is -0.126. The molecule has 0 unspecified atom stereocenters. The molecule has 0 saturated carbocycles. The molecule has 1 N–H and O–H groups in total. The Balaban J connectivity index is 1.11. The standard InChI is InChI=1S/C25H28ClFN4O2S/c26-21-4-1-3-20(15-21)24-29-23(33-30-24)16-31-12-9-19(10-13-31)25(32)28-11-2-14-34-17-18-5-7-22(27)8-6-18/h1,3-8,15,19H,2,9-14,16-17H2,(H,28,32). The quantitative estimate of drug-likeness (QED) is 0.385. The smallest absolute Gasteiger partial charge is 0.241 e. The molecule has 0 spiro atoms. The summed E-state index contributed by atoms with van der Waals surface area (Å²) in [5.74, 6) is 2.89. The van der Waals surface area contributed by atoms with E-state index in [1.165, 1.54) is 12.1 Å². The number of amides is 1. The molecule has 0 bridgehead atoms. The molecular formula is C25H28ClFN4O2S. The summed E-state index contributed by atoms with van der Waals surface area (Å²) in [5, 5.41) is 7.77. The highest BCUT2D eigenvalue weighted by molar-refractivity contribution is 7.98. The number of carbonyl (C=O) groups excluding carboxylic acids is 1. The minimum atomic E-state index is -0.208. The largest absolute Gasteiger partial charge is 0.356 e. The van der Waals surface area contributed by atoms with Gasteiger partial charge in [0, 0.05) is 28.8 Å².